The van der Waals surface area contributed by atoms with E-state index in [2.05, 4.69) is 54.9 Å². The molecule has 0 saturated carbocycles. The average Bonchev–Trinajstić information content (AvgIpc) is 2.88. The van der Waals surface area contributed by atoms with Gasteiger partial charge in [0.15, 0.2) is 0 Å². The van der Waals surface area contributed by atoms with Crippen LogP contribution in [-0.2, 0) is 6.54 Å². The summed E-state index contributed by atoms with van der Waals surface area (Å²) in [6.45, 7) is 13.4. The maximum Gasteiger partial charge on any atom is 0.0765 e. The molecule has 0 radical (unpaired) electrons. The Morgan fingerprint density at radius 2 is 2.20 bits per heavy atom. The minimum absolute atomic E-state index is 0.498. The molecule has 1 N–H and O–H groups in total. The molecule has 0 bridgehead atoms. The Hall–Kier alpha value is -0.870. The molecule has 2 rings (SSSR count). The van der Waals surface area contributed by atoms with Gasteiger partial charge in [-0.05, 0) is 31.7 Å². The molecular formula is C16H30N4. The van der Waals surface area contributed by atoms with Crippen LogP contribution in [0.15, 0.2) is 12.3 Å². The van der Waals surface area contributed by atoms with Crippen LogP contribution >= 0.6 is 0 Å². The Morgan fingerprint density at radius 1 is 1.40 bits per heavy atom. The van der Waals surface area contributed by atoms with Gasteiger partial charge in [0.25, 0.3) is 0 Å². The Labute approximate surface area is 123 Å². The van der Waals surface area contributed by atoms with E-state index in [0.717, 1.165) is 38.5 Å². The number of hydrogen-bond acceptors (Lipinski definition) is 3. The number of rotatable bonds is 6. The van der Waals surface area contributed by atoms with Gasteiger partial charge in [-0.3, -0.25) is 9.58 Å². The fraction of sp³-hybridized carbons (Fsp3) is 0.812. The van der Waals surface area contributed by atoms with E-state index in [0.29, 0.717) is 12.1 Å². The van der Waals surface area contributed by atoms with Gasteiger partial charge >= 0.3 is 0 Å². The van der Waals surface area contributed by atoms with Crippen LogP contribution in [0.2, 0.25) is 0 Å². The van der Waals surface area contributed by atoms with Crippen molar-refractivity contribution >= 4 is 0 Å². The van der Waals surface area contributed by atoms with E-state index in [1.165, 1.54) is 12.1 Å². The second-order valence-corrected chi connectivity index (χ2v) is 6.50. The number of aromatic nitrogens is 2. The summed E-state index contributed by atoms with van der Waals surface area (Å²) in [7, 11) is 0. The molecule has 2 heterocycles. The molecular weight excluding hydrogens is 248 g/mol. The first-order chi connectivity index (χ1) is 9.60. The lowest BCUT2D eigenvalue weighted by molar-refractivity contribution is 0.132. The van der Waals surface area contributed by atoms with Gasteiger partial charge in [0.1, 0.15) is 0 Å². The molecule has 2 unspecified atom stereocenters. The molecule has 1 aromatic rings. The monoisotopic (exact) mass is 278 g/mol. The second kappa shape index (κ2) is 7.23. The highest BCUT2D eigenvalue weighted by Crippen LogP contribution is 2.17. The van der Waals surface area contributed by atoms with E-state index < -0.39 is 0 Å². The first-order valence-electron chi connectivity index (χ1n) is 8.09. The first-order valence-corrected chi connectivity index (χ1v) is 8.09. The maximum absolute atomic E-state index is 4.74. The van der Waals surface area contributed by atoms with E-state index in [4.69, 9.17) is 5.10 Å². The molecule has 114 valence electrons. The number of nitrogens with one attached hydrogen (secondary N) is 1. The molecule has 0 amide bonds. The SMILES string of the molecule is CCC(C)n1ccc(CN2CCNCC2CC(C)C)n1. The molecule has 4 nitrogen and oxygen atoms in total. The quantitative estimate of drug-likeness (QED) is 0.868. The normalized spacial score (nSPS) is 22.4. The summed E-state index contributed by atoms with van der Waals surface area (Å²) in [5, 5.41) is 8.26. The van der Waals surface area contributed by atoms with Crippen molar-refractivity contribution < 1.29 is 0 Å². The van der Waals surface area contributed by atoms with E-state index in [-0.39, 0.29) is 0 Å². The molecule has 1 fully saturated rings. The smallest absolute Gasteiger partial charge is 0.0765 e. The first kappa shape index (κ1) is 15.5. The summed E-state index contributed by atoms with van der Waals surface area (Å²) >= 11 is 0. The van der Waals surface area contributed by atoms with Crippen LogP contribution in [0.5, 0.6) is 0 Å². The Balaban J connectivity index is 1.97. The lowest BCUT2D eigenvalue weighted by atomic mass is 10.0. The summed E-state index contributed by atoms with van der Waals surface area (Å²) in [6, 6.07) is 3.33. The zero-order valence-electron chi connectivity index (χ0n) is 13.5. The molecule has 20 heavy (non-hydrogen) atoms. The van der Waals surface area contributed by atoms with Crippen molar-refractivity contribution in [3.05, 3.63) is 18.0 Å². The molecule has 1 saturated heterocycles. The molecule has 1 aromatic heterocycles. The molecule has 0 aromatic carbocycles. The van der Waals surface area contributed by atoms with Crippen molar-refractivity contribution in [1.29, 1.82) is 0 Å². The summed E-state index contributed by atoms with van der Waals surface area (Å²) in [5.74, 6) is 0.750. The topological polar surface area (TPSA) is 33.1 Å². The number of piperazine rings is 1. The van der Waals surface area contributed by atoms with E-state index in [9.17, 15) is 0 Å². The third-order valence-corrected chi connectivity index (χ3v) is 4.29. The maximum atomic E-state index is 4.74. The van der Waals surface area contributed by atoms with Gasteiger partial charge in [-0.25, -0.2) is 0 Å². The standard InChI is InChI=1S/C16H30N4/c1-5-14(4)20-8-6-15(18-20)12-19-9-7-17-11-16(19)10-13(2)3/h6,8,13-14,16-17H,5,7,9-12H2,1-4H3. The molecule has 0 spiro atoms. The molecule has 1 aliphatic rings. The summed E-state index contributed by atoms with van der Waals surface area (Å²) in [6.07, 6.45) is 4.52. The second-order valence-electron chi connectivity index (χ2n) is 6.50. The van der Waals surface area contributed by atoms with E-state index >= 15 is 0 Å². The van der Waals surface area contributed by atoms with E-state index in [1.54, 1.807) is 0 Å². The lowest BCUT2D eigenvalue weighted by Crippen LogP contribution is -2.51. The summed E-state index contributed by atoms with van der Waals surface area (Å²) in [4.78, 5) is 2.60. The van der Waals surface area contributed by atoms with Crippen molar-refractivity contribution in [3.8, 4) is 0 Å². The third kappa shape index (κ3) is 4.06. The van der Waals surface area contributed by atoms with Crippen LogP contribution in [-0.4, -0.2) is 40.4 Å². The molecule has 4 heteroatoms. The fourth-order valence-corrected chi connectivity index (χ4v) is 2.89. The largest absolute Gasteiger partial charge is 0.314 e. The summed E-state index contributed by atoms with van der Waals surface area (Å²) in [5.41, 5.74) is 1.21. The van der Waals surface area contributed by atoms with Crippen LogP contribution < -0.4 is 5.32 Å². The van der Waals surface area contributed by atoms with Gasteiger partial charge in [0.05, 0.1) is 5.69 Å². The van der Waals surface area contributed by atoms with Gasteiger partial charge in [0, 0.05) is 44.5 Å². The van der Waals surface area contributed by atoms with Gasteiger partial charge in [-0.2, -0.15) is 5.10 Å². The van der Waals surface area contributed by atoms with Crippen LogP contribution in [0, 0.1) is 5.92 Å². The van der Waals surface area contributed by atoms with E-state index in [1.807, 2.05) is 0 Å². The van der Waals surface area contributed by atoms with Crippen LogP contribution in [0.25, 0.3) is 0 Å². The van der Waals surface area contributed by atoms with Crippen LogP contribution in [0.4, 0.5) is 0 Å². The van der Waals surface area contributed by atoms with Gasteiger partial charge in [-0.1, -0.05) is 20.8 Å². The zero-order valence-corrected chi connectivity index (χ0v) is 13.5. The van der Waals surface area contributed by atoms with Crippen LogP contribution in [0.3, 0.4) is 0 Å². The number of hydrogen-bond donors (Lipinski definition) is 1. The molecule has 1 aliphatic heterocycles. The molecule has 2 atom stereocenters. The van der Waals surface area contributed by atoms with Gasteiger partial charge < -0.3 is 5.32 Å². The lowest BCUT2D eigenvalue weighted by Gasteiger charge is -2.36. The Bertz CT molecular complexity index is 399. The highest BCUT2D eigenvalue weighted by Gasteiger charge is 2.23. The Morgan fingerprint density at radius 3 is 2.90 bits per heavy atom. The van der Waals surface area contributed by atoms with Gasteiger partial charge in [0.2, 0.25) is 0 Å². The Kier molecular flexibility index (Phi) is 5.61. The van der Waals surface area contributed by atoms with Crippen molar-refractivity contribution in [1.82, 2.24) is 20.0 Å². The van der Waals surface area contributed by atoms with Crippen LogP contribution in [0.1, 0.15) is 52.3 Å². The predicted octanol–water partition coefficient (Wildman–Crippen LogP) is 2.67. The molecule has 0 aliphatic carbocycles. The zero-order chi connectivity index (χ0) is 14.5. The van der Waals surface area contributed by atoms with Crippen molar-refractivity contribution in [2.75, 3.05) is 19.6 Å². The van der Waals surface area contributed by atoms with Crippen molar-refractivity contribution in [2.45, 2.75) is 59.2 Å². The minimum atomic E-state index is 0.498. The highest BCUT2D eigenvalue weighted by molar-refractivity contribution is 5.01. The van der Waals surface area contributed by atoms with Gasteiger partial charge in [-0.15, -0.1) is 0 Å². The fourth-order valence-electron chi connectivity index (χ4n) is 2.89. The van der Waals surface area contributed by atoms with Crippen molar-refractivity contribution in [2.24, 2.45) is 5.92 Å². The third-order valence-electron chi connectivity index (χ3n) is 4.29. The minimum Gasteiger partial charge on any atom is -0.314 e. The predicted molar refractivity (Wildman–Crippen MR) is 83.8 cm³/mol. The summed E-state index contributed by atoms with van der Waals surface area (Å²) < 4.78 is 2.11. The highest BCUT2D eigenvalue weighted by atomic mass is 15.3. The number of nitrogens with zero attached hydrogens (tertiary/aromatic N) is 3. The average molecular weight is 278 g/mol. The van der Waals surface area contributed by atoms with Crippen molar-refractivity contribution in [3.63, 3.8) is 0 Å².